The molecule has 0 spiro atoms. The molecule has 1 fully saturated rings. The summed E-state index contributed by atoms with van der Waals surface area (Å²) in [4.78, 5) is 28.3. The van der Waals surface area contributed by atoms with E-state index < -0.39 is 0 Å². The number of carbonyl (C=O) groups excluding carboxylic acids is 1. The van der Waals surface area contributed by atoms with Crippen molar-refractivity contribution in [3.8, 4) is 22.9 Å². The summed E-state index contributed by atoms with van der Waals surface area (Å²) in [6.07, 6.45) is 14.6. The molecule has 1 saturated heterocycles. The fourth-order valence-electron chi connectivity index (χ4n) is 6.72. The molecule has 5 aromatic rings. The second kappa shape index (κ2) is 11.3. The van der Waals surface area contributed by atoms with Gasteiger partial charge in [0.2, 0.25) is 11.6 Å². The van der Waals surface area contributed by atoms with Gasteiger partial charge >= 0.3 is 0 Å². The van der Waals surface area contributed by atoms with Gasteiger partial charge < -0.3 is 10.6 Å². The van der Waals surface area contributed by atoms with E-state index in [1.807, 2.05) is 52.3 Å². The molecule has 46 heavy (non-hydrogen) atoms. The molecule has 0 bridgehead atoms. The lowest BCUT2D eigenvalue weighted by Crippen LogP contribution is -2.39. The lowest BCUT2D eigenvalue weighted by atomic mass is 9.95. The molecule has 1 aliphatic carbocycles. The van der Waals surface area contributed by atoms with Crippen LogP contribution in [0.5, 0.6) is 0 Å². The highest BCUT2D eigenvalue weighted by Gasteiger charge is 2.33. The molecule has 2 unspecified atom stereocenters. The predicted octanol–water partition coefficient (Wildman–Crippen LogP) is 5.01. The van der Waals surface area contributed by atoms with E-state index in [4.69, 9.17) is 15.7 Å². The summed E-state index contributed by atoms with van der Waals surface area (Å²) in [6.45, 7) is 5.04. The Morgan fingerprint density at radius 3 is 2.87 bits per heavy atom. The zero-order chi connectivity index (χ0) is 31.2. The minimum Gasteiger partial charge on any atom is -0.383 e. The number of carbonyl (C=O) groups is 1. The first-order chi connectivity index (χ1) is 22.6. The molecule has 3 aliphatic rings. The van der Waals surface area contributed by atoms with Crippen molar-refractivity contribution in [2.45, 2.75) is 31.6 Å². The number of pyridine rings is 2. The summed E-state index contributed by atoms with van der Waals surface area (Å²) in [7, 11) is 0. The average Bonchev–Trinajstić information content (AvgIpc) is 3.91. The number of imidazole rings is 1. The summed E-state index contributed by atoms with van der Waals surface area (Å²) < 4.78 is 5.63. The second-order valence-electron chi connectivity index (χ2n) is 11.8. The molecule has 0 saturated carbocycles. The molecule has 1 amide bonds. The zero-order valence-corrected chi connectivity index (χ0v) is 25.1. The molecule has 1 aromatic carbocycles. The Kier molecular flexibility index (Phi) is 6.81. The van der Waals surface area contributed by atoms with Gasteiger partial charge in [0.1, 0.15) is 22.8 Å². The van der Waals surface area contributed by atoms with E-state index in [1.165, 1.54) is 17.2 Å². The number of nitrogen functional groups attached to an aromatic ring is 1. The largest absolute Gasteiger partial charge is 0.383 e. The van der Waals surface area contributed by atoms with E-state index in [9.17, 15) is 4.79 Å². The van der Waals surface area contributed by atoms with Gasteiger partial charge in [-0.3, -0.25) is 9.36 Å². The van der Waals surface area contributed by atoms with Gasteiger partial charge in [-0.2, -0.15) is 5.10 Å². The van der Waals surface area contributed by atoms with E-state index in [-0.39, 0.29) is 17.7 Å². The topological polar surface area (TPSA) is 135 Å². The minimum atomic E-state index is -0.0283. The van der Waals surface area contributed by atoms with E-state index in [0.29, 0.717) is 29.7 Å². The second-order valence-corrected chi connectivity index (χ2v) is 11.8. The number of rotatable bonds is 6. The Morgan fingerprint density at radius 2 is 2.02 bits per heavy atom. The van der Waals surface area contributed by atoms with Crippen molar-refractivity contribution in [1.82, 2.24) is 34.2 Å². The molecule has 228 valence electrons. The van der Waals surface area contributed by atoms with Gasteiger partial charge in [-0.15, -0.1) is 4.68 Å². The molecule has 12 nitrogen and oxygen atoms in total. The predicted molar refractivity (Wildman–Crippen MR) is 173 cm³/mol. The van der Waals surface area contributed by atoms with Crippen LogP contribution in [0.4, 0.5) is 5.82 Å². The quantitative estimate of drug-likeness (QED) is 0.212. The lowest BCUT2D eigenvalue weighted by molar-refractivity contribution is -0.461. The molecule has 4 aromatic heterocycles. The van der Waals surface area contributed by atoms with Crippen molar-refractivity contribution in [3.05, 3.63) is 103 Å². The van der Waals surface area contributed by atoms with Crippen LogP contribution >= 0.6 is 0 Å². The fourth-order valence-corrected chi connectivity index (χ4v) is 6.72. The number of nitrogens with two attached hydrogens (primary N) is 1. The number of hydrogen-bond acceptors (Lipinski definition) is 8. The van der Waals surface area contributed by atoms with Crippen molar-refractivity contribution in [1.29, 1.82) is 0 Å². The Morgan fingerprint density at radius 1 is 1.09 bits per heavy atom. The number of fused-ring (bicyclic) bond motifs is 2. The lowest BCUT2D eigenvalue weighted by Gasteiger charge is -2.29. The number of anilines is 1. The summed E-state index contributed by atoms with van der Waals surface area (Å²) in [6, 6.07) is 16.1. The number of likely N-dealkylation sites (tertiary alicyclic amines) is 1. The molecule has 2 aliphatic heterocycles. The zero-order valence-electron chi connectivity index (χ0n) is 25.1. The van der Waals surface area contributed by atoms with Crippen LogP contribution < -0.4 is 5.73 Å². The summed E-state index contributed by atoms with van der Waals surface area (Å²) in [5.74, 6) is 2.12. The maximum absolute atomic E-state index is 12.2. The molecule has 0 radical (unpaired) electrons. The molecule has 6 heterocycles. The van der Waals surface area contributed by atoms with Crippen LogP contribution in [0.25, 0.3) is 34.1 Å². The first-order valence-electron chi connectivity index (χ1n) is 15.5. The number of benzene rings is 1. The van der Waals surface area contributed by atoms with Crippen LogP contribution in [-0.4, -0.2) is 64.1 Å². The van der Waals surface area contributed by atoms with Gasteiger partial charge in [0.25, 0.3) is 0 Å². The Labute approximate surface area is 264 Å². The number of aryl methyl sites for hydroxylation is 1. The van der Waals surface area contributed by atoms with Crippen molar-refractivity contribution < 1.29 is 9.48 Å². The Balaban J connectivity index is 1.13. The number of nitrogens with zero attached hydrogens (tertiary/aromatic N) is 10. The third-order valence-corrected chi connectivity index (χ3v) is 9.00. The summed E-state index contributed by atoms with van der Waals surface area (Å²) in [5.41, 5.74) is 12.9. The van der Waals surface area contributed by atoms with Crippen LogP contribution in [-0.2, 0) is 11.2 Å². The van der Waals surface area contributed by atoms with Gasteiger partial charge in [-0.1, -0.05) is 12.6 Å². The van der Waals surface area contributed by atoms with E-state index in [1.54, 1.807) is 17.1 Å². The first-order valence-corrected chi connectivity index (χ1v) is 15.5. The van der Waals surface area contributed by atoms with Gasteiger partial charge in [0.05, 0.1) is 10.7 Å². The van der Waals surface area contributed by atoms with E-state index in [0.717, 1.165) is 54.7 Å². The first kappa shape index (κ1) is 27.7. The third kappa shape index (κ3) is 4.87. The van der Waals surface area contributed by atoms with Gasteiger partial charge in [0, 0.05) is 49.2 Å². The molecule has 2 atom stereocenters. The maximum Gasteiger partial charge on any atom is 0.245 e. The highest BCUT2D eigenvalue weighted by Crippen LogP contribution is 2.37. The molecule has 8 rings (SSSR count). The Bertz CT molecular complexity index is 2090. The normalized spacial score (nSPS) is 20.0. The molecule has 2 N–H and O–H groups in total. The molecular weight excluding hydrogens is 578 g/mol. The smallest absolute Gasteiger partial charge is 0.245 e. The van der Waals surface area contributed by atoms with Crippen LogP contribution in [0.15, 0.2) is 102 Å². The number of amides is 1. The SMILES string of the molecule is C=CC(=O)N1CCCC(C2=C/[N+](=C\C3CCc4cc(-n5c(-c6cccnc6N)nc6ccc(-n7cccn7)nc65)ccc43)N=N2)C1. The molecular formula is C34H32N11O+. The highest BCUT2D eigenvalue weighted by atomic mass is 16.2. The highest BCUT2D eigenvalue weighted by molar-refractivity contribution is 5.87. The summed E-state index contributed by atoms with van der Waals surface area (Å²) >= 11 is 0. The average molecular weight is 611 g/mol. The summed E-state index contributed by atoms with van der Waals surface area (Å²) in [5, 5.41) is 13.3. The third-order valence-electron chi connectivity index (χ3n) is 9.00. The monoisotopic (exact) mass is 610 g/mol. The minimum absolute atomic E-state index is 0.0283. The number of piperidine rings is 1. The maximum atomic E-state index is 12.2. The van der Waals surface area contributed by atoms with Crippen LogP contribution in [0.2, 0.25) is 0 Å². The Hall–Kier alpha value is -5.78. The van der Waals surface area contributed by atoms with Crippen LogP contribution in [0.1, 0.15) is 36.3 Å². The standard InChI is InChI=1S/C34H32N11O/c1-2-31(46)42-16-4-6-24(19-42)29-21-43(41-40-29)20-23-9-8-22-18-25(10-11-26(22)23)45-33(27-7-3-14-36-32(27)35)38-28-12-13-30(39-34(28)45)44-17-5-15-37-44/h2-3,5,7,10-15,17-18,20-21,23-24H,1,4,6,8-9,16,19H2,(H2,35,36)/q+1/b43-20+. The van der Waals surface area contributed by atoms with Crippen LogP contribution in [0, 0.1) is 5.92 Å². The van der Waals surface area contributed by atoms with Gasteiger partial charge in [0.15, 0.2) is 23.5 Å². The van der Waals surface area contributed by atoms with Crippen molar-refractivity contribution in [2.24, 2.45) is 16.3 Å². The van der Waals surface area contributed by atoms with E-state index in [2.05, 4.69) is 56.0 Å². The van der Waals surface area contributed by atoms with E-state index >= 15 is 0 Å². The van der Waals surface area contributed by atoms with Gasteiger partial charge in [-0.25, -0.2) is 19.6 Å². The van der Waals surface area contributed by atoms with Crippen molar-refractivity contribution in [3.63, 3.8) is 0 Å². The fraction of sp³-hybridized carbons (Fsp3) is 0.235. The van der Waals surface area contributed by atoms with Crippen molar-refractivity contribution in [2.75, 3.05) is 18.8 Å². The molecule has 12 heteroatoms. The van der Waals surface area contributed by atoms with Crippen molar-refractivity contribution >= 4 is 29.1 Å². The number of hydrogen-bond donors (Lipinski definition) is 1. The van der Waals surface area contributed by atoms with Gasteiger partial charge in [-0.05, 0) is 85.4 Å². The number of aromatic nitrogens is 6. The van der Waals surface area contributed by atoms with Crippen LogP contribution in [0.3, 0.4) is 0 Å².